The van der Waals surface area contributed by atoms with Crippen LogP contribution in [0.15, 0.2) is 0 Å². The molecular weight excluding hydrogens is 236 g/mol. The maximum Gasteiger partial charge on any atom is 0.151 e. The Hall–Kier alpha value is -0.610. The molecule has 0 aliphatic heterocycles. The van der Waals surface area contributed by atoms with Crippen LogP contribution in [0.3, 0.4) is 0 Å². The molecule has 0 aromatic carbocycles. The van der Waals surface area contributed by atoms with Crippen molar-refractivity contribution in [2.24, 2.45) is 0 Å². The molecule has 17 heavy (non-hydrogen) atoms. The van der Waals surface area contributed by atoms with Crippen molar-refractivity contribution in [2.75, 3.05) is 27.6 Å². The van der Waals surface area contributed by atoms with E-state index in [-0.39, 0.29) is 6.29 Å². The normalized spacial score (nSPS) is 17.4. The van der Waals surface area contributed by atoms with Crippen molar-refractivity contribution in [2.45, 2.75) is 24.4 Å². The molecule has 0 bridgehead atoms. The zero-order valence-electron chi connectivity index (χ0n) is 9.76. The first-order valence-corrected chi connectivity index (χ1v) is 4.72. The van der Waals surface area contributed by atoms with E-state index >= 15 is 0 Å². The van der Waals surface area contributed by atoms with Gasteiger partial charge in [-0.1, -0.05) is 0 Å². The van der Waals surface area contributed by atoms with Crippen LogP contribution in [0, 0.1) is 0 Å². The summed E-state index contributed by atoms with van der Waals surface area (Å²) >= 11 is 0. The Kier molecular flexibility index (Phi) is 13.1. The van der Waals surface area contributed by atoms with Crippen LogP contribution in [-0.4, -0.2) is 83.9 Å². The van der Waals surface area contributed by atoms with Crippen LogP contribution in [0.2, 0.25) is 0 Å². The van der Waals surface area contributed by atoms with E-state index in [1.807, 2.05) is 0 Å². The predicted octanol–water partition coefficient (Wildman–Crippen LogP) is -3.14. The standard InChI is InChI=1S/C6H12O6.C3H8O2/c7-1-3(9)5(11)6(12)4(10)2-8;1-4-3-5-2/h1,3-6,8-12H,2H2;3H2,1-2H3. The smallest absolute Gasteiger partial charge is 0.151 e. The average molecular weight is 256 g/mol. The number of aliphatic hydroxyl groups is 5. The summed E-state index contributed by atoms with van der Waals surface area (Å²) in [5, 5.41) is 43.5. The lowest BCUT2D eigenvalue weighted by Gasteiger charge is -2.22. The molecule has 0 fully saturated rings. The summed E-state index contributed by atoms with van der Waals surface area (Å²) < 4.78 is 8.94. The maximum atomic E-state index is 9.90. The number of aliphatic hydroxyl groups excluding tert-OH is 5. The van der Waals surface area contributed by atoms with E-state index in [4.69, 9.17) is 25.5 Å². The summed E-state index contributed by atoms with van der Waals surface area (Å²) in [4.78, 5) is 9.90. The molecule has 0 saturated carbocycles. The molecule has 0 heterocycles. The summed E-state index contributed by atoms with van der Waals surface area (Å²) in [7, 11) is 3.17. The third-order valence-corrected chi connectivity index (χ3v) is 1.66. The van der Waals surface area contributed by atoms with Crippen molar-refractivity contribution in [3.05, 3.63) is 0 Å². The number of methoxy groups -OCH3 is 2. The lowest BCUT2D eigenvalue weighted by atomic mass is 10.0. The fourth-order valence-electron chi connectivity index (χ4n) is 0.736. The monoisotopic (exact) mass is 256 g/mol. The molecule has 0 aliphatic carbocycles. The number of carbonyl (C=O) groups excluding carboxylic acids is 1. The Balaban J connectivity index is 0. The first-order chi connectivity index (χ1) is 7.95. The van der Waals surface area contributed by atoms with Gasteiger partial charge < -0.3 is 39.8 Å². The van der Waals surface area contributed by atoms with Gasteiger partial charge in [0.25, 0.3) is 0 Å². The van der Waals surface area contributed by atoms with Gasteiger partial charge in [-0.15, -0.1) is 0 Å². The first-order valence-electron chi connectivity index (χ1n) is 4.72. The van der Waals surface area contributed by atoms with Gasteiger partial charge in [-0.25, -0.2) is 0 Å². The second-order valence-electron chi connectivity index (χ2n) is 3.05. The van der Waals surface area contributed by atoms with Gasteiger partial charge in [-0.05, 0) is 0 Å². The minimum Gasteiger partial charge on any atom is -0.394 e. The van der Waals surface area contributed by atoms with Crippen LogP contribution in [0.5, 0.6) is 0 Å². The van der Waals surface area contributed by atoms with Crippen molar-refractivity contribution in [3.63, 3.8) is 0 Å². The van der Waals surface area contributed by atoms with Crippen LogP contribution >= 0.6 is 0 Å². The predicted molar refractivity (Wildman–Crippen MR) is 56.1 cm³/mol. The zero-order valence-corrected chi connectivity index (χ0v) is 9.76. The average Bonchev–Trinajstić information content (AvgIpc) is 2.36. The van der Waals surface area contributed by atoms with Gasteiger partial charge in [0, 0.05) is 14.2 Å². The highest BCUT2D eigenvalue weighted by Crippen LogP contribution is 2.02. The Morgan fingerprint density at radius 2 is 1.53 bits per heavy atom. The summed E-state index contributed by atoms with van der Waals surface area (Å²) in [6.07, 6.45) is -6.84. The Bertz CT molecular complexity index is 174. The van der Waals surface area contributed by atoms with Crippen molar-refractivity contribution in [1.82, 2.24) is 0 Å². The lowest BCUT2D eigenvalue weighted by Crippen LogP contribution is -2.46. The zero-order chi connectivity index (χ0) is 13.8. The van der Waals surface area contributed by atoms with Gasteiger partial charge >= 0.3 is 0 Å². The molecule has 0 aliphatic rings. The summed E-state index contributed by atoms with van der Waals surface area (Å²) in [5.41, 5.74) is 0. The molecule has 4 unspecified atom stereocenters. The Labute approximate surface area is 99.0 Å². The molecule has 0 radical (unpaired) electrons. The van der Waals surface area contributed by atoms with Gasteiger partial charge in [-0.2, -0.15) is 0 Å². The quantitative estimate of drug-likeness (QED) is 0.238. The molecule has 0 saturated heterocycles. The molecule has 0 rings (SSSR count). The second kappa shape index (κ2) is 11.9. The molecule has 104 valence electrons. The van der Waals surface area contributed by atoms with E-state index in [0.29, 0.717) is 6.79 Å². The van der Waals surface area contributed by atoms with Gasteiger partial charge in [0.2, 0.25) is 0 Å². The van der Waals surface area contributed by atoms with Crippen LogP contribution in [0.1, 0.15) is 0 Å². The minimum absolute atomic E-state index is 0.0258. The maximum absolute atomic E-state index is 9.90. The van der Waals surface area contributed by atoms with E-state index in [1.54, 1.807) is 14.2 Å². The summed E-state index contributed by atoms with van der Waals surface area (Å²) in [5.74, 6) is 0. The molecule has 5 N–H and O–H groups in total. The van der Waals surface area contributed by atoms with E-state index in [1.165, 1.54) is 0 Å². The van der Waals surface area contributed by atoms with Gasteiger partial charge in [0.15, 0.2) is 6.29 Å². The minimum atomic E-state index is -1.79. The largest absolute Gasteiger partial charge is 0.394 e. The first kappa shape index (κ1) is 18.7. The third kappa shape index (κ3) is 9.12. The number of carbonyl (C=O) groups is 1. The molecule has 8 nitrogen and oxygen atoms in total. The summed E-state index contributed by atoms with van der Waals surface area (Å²) in [6, 6.07) is 0. The fraction of sp³-hybridized carbons (Fsp3) is 0.889. The molecule has 0 spiro atoms. The van der Waals surface area contributed by atoms with Gasteiger partial charge in [-0.3, -0.25) is 0 Å². The highest BCUT2D eigenvalue weighted by atomic mass is 16.6. The van der Waals surface area contributed by atoms with Crippen LogP contribution < -0.4 is 0 Å². The van der Waals surface area contributed by atoms with E-state index < -0.39 is 31.0 Å². The van der Waals surface area contributed by atoms with Crippen LogP contribution in [0.25, 0.3) is 0 Å². The van der Waals surface area contributed by atoms with E-state index in [9.17, 15) is 4.79 Å². The SMILES string of the molecule is COCOC.O=CC(O)C(O)C(O)C(O)CO. The summed E-state index contributed by atoms with van der Waals surface area (Å²) in [6.45, 7) is -0.371. The molecule has 0 aromatic heterocycles. The molecule has 0 aromatic rings. The van der Waals surface area contributed by atoms with Crippen molar-refractivity contribution >= 4 is 6.29 Å². The Morgan fingerprint density at radius 3 is 1.76 bits per heavy atom. The van der Waals surface area contributed by atoms with E-state index in [2.05, 4.69) is 9.47 Å². The topological polar surface area (TPSA) is 137 Å². The number of hydrogen-bond acceptors (Lipinski definition) is 8. The molecule has 8 heteroatoms. The van der Waals surface area contributed by atoms with Crippen molar-refractivity contribution in [1.29, 1.82) is 0 Å². The number of hydrogen-bond donors (Lipinski definition) is 5. The highest BCUT2D eigenvalue weighted by Gasteiger charge is 2.29. The highest BCUT2D eigenvalue weighted by molar-refractivity contribution is 5.56. The lowest BCUT2D eigenvalue weighted by molar-refractivity contribution is -0.136. The van der Waals surface area contributed by atoms with Crippen LogP contribution in [-0.2, 0) is 14.3 Å². The number of rotatable bonds is 7. The van der Waals surface area contributed by atoms with Crippen molar-refractivity contribution in [3.8, 4) is 0 Å². The van der Waals surface area contributed by atoms with Crippen LogP contribution in [0.4, 0.5) is 0 Å². The third-order valence-electron chi connectivity index (χ3n) is 1.66. The number of aldehydes is 1. The van der Waals surface area contributed by atoms with Crippen molar-refractivity contribution < 1.29 is 39.8 Å². The number of ether oxygens (including phenoxy) is 2. The molecule has 4 atom stereocenters. The Morgan fingerprint density at radius 1 is 1.06 bits per heavy atom. The van der Waals surface area contributed by atoms with E-state index in [0.717, 1.165) is 0 Å². The fourth-order valence-corrected chi connectivity index (χ4v) is 0.736. The van der Waals surface area contributed by atoms with Gasteiger partial charge in [0.05, 0.1) is 6.61 Å². The second-order valence-corrected chi connectivity index (χ2v) is 3.05. The van der Waals surface area contributed by atoms with Gasteiger partial charge in [0.1, 0.15) is 31.2 Å². The molecule has 0 amide bonds. The molecular formula is C9H20O8.